The van der Waals surface area contributed by atoms with Gasteiger partial charge < -0.3 is 4.74 Å². The molecule has 3 heteroatoms. The van der Waals surface area contributed by atoms with E-state index < -0.39 is 0 Å². The van der Waals surface area contributed by atoms with E-state index in [1.54, 1.807) is 18.2 Å². The molecule has 0 bridgehead atoms. The molecule has 17 heavy (non-hydrogen) atoms. The molecule has 90 valence electrons. The predicted octanol–water partition coefficient (Wildman–Crippen LogP) is 4.17. The van der Waals surface area contributed by atoms with Gasteiger partial charge in [0.1, 0.15) is 11.8 Å². The van der Waals surface area contributed by atoms with Crippen LogP contribution in [0.25, 0.3) is 0 Å². The van der Waals surface area contributed by atoms with Gasteiger partial charge in [-0.25, -0.2) is 0 Å². The molecule has 0 heterocycles. The minimum absolute atomic E-state index is 0.226. The standard InChI is InChI=1S/C14H16ClNO/c1-10-3-2-4-13(7-10)17-14-8-12(15)6-5-11(14)9-16/h5-6,8,10,13H,2-4,7H2,1H3. The number of nitriles is 1. The highest BCUT2D eigenvalue weighted by Crippen LogP contribution is 2.30. The summed E-state index contributed by atoms with van der Waals surface area (Å²) < 4.78 is 5.92. The molecule has 2 unspecified atom stereocenters. The fourth-order valence-corrected chi connectivity index (χ4v) is 2.51. The normalized spacial score (nSPS) is 24.1. The summed E-state index contributed by atoms with van der Waals surface area (Å²) in [5.41, 5.74) is 0.563. The van der Waals surface area contributed by atoms with Gasteiger partial charge in [0.15, 0.2) is 0 Å². The first-order valence-corrected chi connectivity index (χ1v) is 6.43. The van der Waals surface area contributed by atoms with Gasteiger partial charge in [-0.2, -0.15) is 5.26 Å². The SMILES string of the molecule is CC1CCCC(Oc2cc(Cl)ccc2C#N)C1. The molecule has 1 aliphatic carbocycles. The number of hydrogen-bond acceptors (Lipinski definition) is 2. The van der Waals surface area contributed by atoms with E-state index in [4.69, 9.17) is 21.6 Å². The van der Waals surface area contributed by atoms with Crippen LogP contribution in [0.3, 0.4) is 0 Å². The van der Waals surface area contributed by atoms with Crippen molar-refractivity contribution in [2.45, 2.75) is 38.7 Å². The third-order valence-electron chi connectivity index (χ3n) is 3.25. The Morgan fingerprint density at radius 1 is 1.41 bits per heavy atom. The van der Waals surface area contributed by atoms with Crippen molar-refractivity contribution in [2.24, 2.45) is 5.92 Å². The maximum atomic E-state index is 9.02. The molecule has 0 spiro atoms. The number of rotatable bonds is 2. The highest BCUT2D eigenvalue weighted by atomic mass is 35.5. The molecule has 2 nitrogen and oxygen atoms in total. The van der Waals surface area contributed by atoms with Crippen LogP contribution in [0.5, 0.6) is 5.75 Å². The summed E-state index contributed by atoms with van der Waals surface area (Å²) in [5, 5.41) is 9.63. The van der Waals surface area contributed by atoms with Crippen molar-refractivity contribution in [3.63, 3.8) is 0 Å². The first-order valence-electron chi connectivity index (χ1n) is 6.05. The summed E-state index contributed by atoms with van der Waals surface area (Å²) >= 11 is 5.93. The van der Waals surface area contributed by atoms with Gasteiger partial charge in [-0.3, -0.25) is 0 Å². The molecule has 0 aliphatic heterocycles. The Hall–Kier alpha value is -1.20. The lowest BCUT2D eigenvalue weighted by Crippen LogP contribution is -2.24. The summed E-state index contributed by atoms with van der Waals surface area (Å²) in [4.78, 5) is 0. The fraction of sp³-hybridized carbons (Fsp3) is 0.500. The maximum Gasteiger partial charge on any atom is 0.138 e. The van der Waals surface area contributed by atoms with Crippen LogP contribution in [0.2, 0.25) is 5.02 Å². The Bertz CT molecular complexity index is 438. The predicted molar refractivity (Wildman–Crippen MR) is 68.2 cm³/mol. The molecular formula is C14H16ClNO. The second-order valence-electron chi connectivity index (χ2n) is 4.76. The van der Waals surface area contributed by atoms with Crippen molar-refractivity contribution in [2.75, 3.05) is 0 Å². The number of hydrogen-bond donors (Lipinski definition) is 0. The third kappa shape index (κ3) is 3.14. The van der Waals surface area contributed by atoms with Crippen molar-refractivity contribution >= 4 is 11.6 Å². The molecular weight excluding hydrogens is 234 g/mol. The molecule has 0 amide bonds. The summed E-state index contributed by atoms with van der Waals surface area (Å²) in [6.07, 6.45) is 4.85. The van der Waals surface area contributed by atoms with Gasteiger partial charge in [0.05, 0.1) is 11.7 Å². The number of benzene rings is 1. The van der Waals surface area contributed by atoms with E-state index >= 15 is 0 Å². The Morgan fingerprint density at radius 2 is 2.24 bits per heavy atom. The van der Waals surface area contributed by atoms with E-state index in [9.17, 15) is 0 Å². The molecule has 1 saturated carbocycles. The van der Waals surface area contributed by atoms with Crippen molar-refractivity contribution in [3.8, 4) is 11.8 Å². The number of nitrogens with zero attached hydrogens (tertiary/aromatic N) is 1. The van der Waals surface area contributed by atoms with Crippen LogP contribution in [0.15, 0.2) is 18.2 Å². The number of ether oxygens (including phenoxy) is 1. The smallest absolute Gasteiger partial charge is 0.138 e. The topological polar surface area (TPSA) is 33.0 Å². The highest BCUT2D eigenvalue weighted by molar-refractivity contribution is 6.30. The van der Waals surface area contributed by atoms with Crippen LogP contribution in [-0.2, 0) is 0 Å². The van der Waals surface area contributed by atoms with Crippen LogP contribution in [0, 0.1) is 17.2 Å². The van der Waals surface area contributed by atoms with Crippen LogP contribution in [0.4, 0.5) is 0 Å². The van der Waals surface area contributed by atoms with Gasteiger partial charge >= 0.3 is 0 Å². The fourth-order valence-electron chi connectivity index (χ4n) is 2.35. The molecule has 1 fully saturated rings. The Labute approximate surface area is 107 Å². The Morgan fingerprint density at radius 3 is 2.94 bits per heavy atom. The average molecular weight is 250 g/mol. The second kappa shape index (κ2) is 5.42. The largest absolute Gasteiger partial charge is 0.489 e. The molecule has 1 aromatic carbocycles. The van der Waals surface area contributed by atoms with Crippen LogP contribution < -0.4 is 4.74 Å². The lowest BCUT2D eigenvalue weighted by Gasteiger charge is -2.27. The minimum atomic E-state index is 0.226. The zero-order chi connectivity index (χ0) is 12.3. The summed E-state index contributed by atoms with van der Waals surface area (Å²) in [7, 11) is 0. The molecule has 0 radical (unpaired) electrons. The number of halogens is 1. The lowest BCUT2D eigenvalue weighted by atomic mass is 9.88. The molecule has 0 saturated heterocycles. The van der Waals surface area contributed by atoms with Gasteiger partial charge in [-0.1, -0.05) is 24.9 Å². The molecule has 2 atom stereocenters. The minimum Gasteiger partial charge on any atom is -0.489 e. The quantitative estimate of drug-likeness (QED) is 0.788. The Balaban J connectivity index is 2.12. The summed E-state index contributed by atoms with van der Waals surface area (Å²) in [6, 6.07) is 7.31. The maximum absolute atomic E-state index is 9.02. The van der Waals surface area contributed by atoms with E-state index in [0.29, 0.717) is 22.3 Å². The lowest BCUT2D eigenvalue weighted by molar-refractivity contribution is 0.129. The zero-order valence-electron chi connectivity index (χ0n) is 9.95. The zero-order valence-corrected chi connectivity index (χ0v) is 10.7. The van der Waals surface area contributed by atoms with E-state index in [1.165, 1.54) is 12.8 Å². The second-order valence-corrected chi connectivity index (χ2v) is 5.20. The summed E-state index contributed by atoms with van der Waals surface area (Å²) in [5.74, 6) is 1.33. The van der Waals surface area contributed by atoms with Crippen LogP contribution in [0.1, 0.15) is 38.2 Å². The van der Waals surface area contributed by atoms with E-state index in [-0.39, 0.29) is 6.10 Å². The molecule has 0 N–H and O–H groups in total. The van der Waals surface area contributed by atoms with Crippen LogP contribution >= 0.6 is 11.6 Å². The first-order chi connectivity index (χ1) is 8.19. The molecule has 1 aromatic rings. The van der Waals surface area contributed by atoms with E-state index in [1.807, 2.05) is 0 Å². The van der Waals surface area contributed by atoms with Gasteiger partial charge in [0.25, 0.3) is 0 Å². The highest BCUT2D eigenvalue weighted by Gasteiger charge is 2.21. The van der Waals surface area contributed by atoms with Gasteiger partial charge in [-0.15, -0.1) is 0 Å². The van der Waals surface area contributed by atoms with E-state index in [2.05, 4.69) is 13.0 Å². The van der Waals surface area contributed by atoms with E-state index in [0.717, 1.165) is 12.8 Å². The van der Waals surface area contributed by atoms with Crippen molar-refractivity contribution in [1.29, 1.82) is 5.26 Å². The first kappa shape index (κ1) is 12.3. The van der Waals surface area contributed by atoms with Crippen molar-refractivity contribution in [3.05, 3.63) is 28.8 Å². The molecule has 0 aromatic heterocycles. The molecule has 1 aliphatic rings. The van der Waals surface area contributed by atoms with Gasteiger partial charge in [-0.05, 0) is 37.3 Å². The monoisotopic (exact) mass is 249 g/mol. The van der Waals surface area contributed by atoms with Crippen molar-refractivity contribution < 1.29 is 4.74 Å². The summed E-state index contributed by atoms with van der Waals surface area (Å²) in [6.45, 7) is 2.25. The van der Waals surface area contributed by atoms with Gasteiger partial charge in [0, 0.05) is 11.1 Å². The van der Waals surface area contributed by atoms with Gasteiger partial charge in [0.2, 0.25) is 0 Å². The Kier molecular flexibility index (Phi) is 3.91. The van der Waals surface area contributed by atoms with Crippen molar-refractivity contribution in [1.82, 2.24) is 0 Å². The van der Waals surface area contributed by atoms with Crippen LogP contribution in [-0.4, -0.2) is 6.10 Å². The molecule has 2 rings (SSSR count). The third-order valence-corrected chi connectivity index (χ3v) is 3.48. The average Bonchev–Trinajstić information content (AvgIpc) is 2.29.